The van der Waals surface area contributed by atoms with E-state index in [0.717, 1.165) is 9.92 Å². The van der Waals surface area contributed by atoms with E-state index in [2.05, 4.69) is 20.6 Å². The molecule has 0 amide bonds. The van der Waals surface area contributed by atoms with Gasteiger partial charge in [-0.05, 0) is 40.8 Å². The highest BCUT2D eigenvalue weighted by Gasteiger charge is 2.07. The Labute approximate surface area is 116 Å². The van der Waals surface area contributed by atoms with Crippen LogP contribution in [0.2, 0.25) is 10.0 Å². The van der Waals surface area contributed by atoms with Crippen molar-refractivity contribution in [3.8, 4) is 0 Å². The zero-order valence-corrected chi connectivity index (χ0v) is 11.1. The lowest BCUT2D eigenvalue weighted by molar-refractivity contribution is 0.702. The van der Waals surface area contributed by atoms with Crippen LogP contribution in [0.3, 0.4) is 0 Å². The molecule has 1 aromatic carbocycles. The molecule has 90 valence electrons. The van der Waals surface area contributed by atoms with E-state index in [0.29, 0.717) is 15.7 Å². The van der Waals surface area contributed by atoms with Crippen LogP contribution < -0.4 is 0 Å². The Bertz CT molecular complexity index is 714. The Morgan fingerprint density at radius 3 is 2.89 bits per heavy atom. The number of fused-ring (bicyclic) bond motifs is 1. The summed E-state index contributed by atoms with van der Waals surface area (Å²) in [6.45, 7) is 0. The molecule has 0 N–H and O–H groups in total. The standard InChI is InChI=1S/C10H5Cl2N5S/c11-6-1-2-7(12)8(5-6)18-10-4-3-9-13-15-16-17(9)14-10/h1-5H. The van der Waals surface area contributed by atoms with E-state index in [9.17, 15) is 0 Å². The van der Waals surface area contributed by atoms with Crippen LogP contribution in [0.4, 0.5) is 0 Å². The molecule has 0 atom stereocenters. The van der Waals surface area contributed by atoms with Crippen molar-refractivity contribution in [1.29, 1.82) is 0 Å². The van der Waals surface area contributed by atoms with Crippen molar-refractivity contribution in [3.05, 3.63) is 40.4 Å². The summed E-state index contributed by atoms with van der Waals surface area (Å²) in [6.07, 6.45) is 0. The third-order valence-electron chi connectivity index (χ3n) is 2.15. The molecule has 0 bridgehead atoms. The van der Waals surface area contributed by atoms with Crippen LogP contribution in [0.5, 0.6) is 0 Å². The summed E-state index contributed by atoms with van der Waals surface area (Å²) in [5.41, 5.74) is 0.594. The molecule has 0 saturated heterocycles. The van der Waals surface area contributed by atoms with Crippen molar-refractivity contribution in [2.45, 2.75) is 9.92 Å². The smallest absolute Gasteiger partial charge is 0.140 e. The average molecular weight is 298 g/mol. The summed E-state index contributed by atoms with van der Waals surface area (Å²) in [6, 6.07) is 8.90. The SMILES string of the molecule is Clc1ccc(Cl)c(Sc2ccc3nnnn3n2)c1. The maximum atomic E-state index is 6.09. The fourth-order valence-electron chi connectivity index (χ4n) is 1.36. The summed E-state index contributed by atoms with van der Waals surface area (Å²) >= 11 is 13.4. The Kier molecular flexibility index (Phi) is 3.07. The molecule has 2 heterocycles. The maximum Gasteiger partial charge on any atom is 0.200 e. The first-order valence-electron chi connectivity index (χ1n) is 4.91. The number of hydrogen-bond acceptors (Lipinski definition) is 5. The minimum Gasteiger partial charge on any atom is -0.140 e. The molecule has 0 aliphatic carbocycles. The zero-order valence-electron chi connectivity index (χ0n) is 8.79. The van der Waals surface area contributed by atoms with Crippen molar-refractivity contribution >= 4 is 40.6 Å². The lowest BCUT2D eigenvalue weighted by atomic mass is 10.4. The molecule has 3 rings (SSSR count). The quantitative estimate of drug-likeness (QED) is 0.728. The number of rotatable bonds is 2. The van der Waals surface area contributed by atoms with Crippen molar-refractivity contribution in [1.82, 2.24) is 25.3 Å². The average Bonchev–Trinajstić information content (AvgIpc) is 2.81. The van der Waals surface area contributed by atoms with Crippen molar-refractivity contribution in [2.75, 3.05) is 0 Å². The van der Waals surface area contributed by atoms with Crippen LogP contribution >= 0.6 is 35.0 Å². The first-order chi connectivity index (χ1) is 8.72. The summed E-state index contributed by atoms with van der Waals surface area (Å²) < 4.78 is 1.36. The largest absolute Gasteiger partial charge is 0.200 e. The number of nitrogens with zero attached hydrogens (tertiary/aromatic N) is 5. The van der Waals surface area contributed by atoms with Crippen LogP contribution in [-0.2, 0) is 0 Å². The van der Waals surface area contributed by atoms with Crippen molar-refractivity contribution in [2.24, 2.45) is 0 Å². The van der Waals surface area contributed by atoms with E-state index < -0.39 is 0 Å². The van der Waals surface area contributed by atoms with Gasteiger partial charge >= 0.3 is 0 Å². The lowest BCUT2D eigenvalue weighted by Crippen LogP contribution is -1.95. The van der Waals surface area contributed by atoms with Gasteiger partial charge in [-0.15, -0.1) is 14.8 Å². The second kappa shape index (κ2) is 4.72. The molecule has 0 aliphatic rings. The fourth-order valence-corrected chi connectivity index (χ4v) is 2.66. The van der Waals surface area contributed by atoms with Gasteiger partial charge in [0.15, 0.2) is 5.65 Å². The highest BCUT2D eigenvalue weighted by molar-refractivity contribution is 7.99. The zero-order chi connectivity index (χ0) is 12.5. The first kappa shape index (κ1) is 11.7. The summed E-state index contributed by atoms with van der Waals surface area (Å²) in [5.74, 6) is 0. The normalized spacial score (nSPS) is 11.0. The van der Waals surface area contributed by atoms with Crippen LogP contribution in [0.25, 0.3) is 5.65 Å². The van der Waals surface area contributed by atoms with Crippen LogP contribution in [0, 0.1) is 0 Å². The summed E-state index contributed by atoms with van der Waals surface area (Å²) in [4.78, 5) is 0.837. The Hall–Kier alpha value is -1.37. The molecular formula is C10H5Cl2N5S. The third kappa shape index (κ3) is 2.27. The monoisotopic (exact) mass is 297 g/mol. The number of halogens is 2. The molecule has 5 nitrogen and oxygen atoms in total. The van der Waals surface area contributed by atoms with Crippen molar-refractivity contribution in [3.63, 3.8) is 0 Å². The molecule has 3 aromatic rings. The van der Waals surface area contributed by atoms with Gasteiger partial charge in [0.25, 0.3) is 0 Å². The Morgan fingerprint density at radius 2 is 2.00 bits per heavy atom. The number of hydrogen-bond donors (Lipinski definition) is 0. The Morgan fingerprint density at radius 1 is 1.11 bits per heavy atom. The van der Waals surface area contributed by atoms with Gasteiger partial charge < -0.3 is 0 Å². The fraction of sp³-hybridized carbons (Fsp3) is 0. The Balaban J connectivity index is 1.97. The molecule has 0 spiro atoms. The minimum absolute atomic E-state index is 0.594. The molecule has 18 heavy (non-hydrogen) atoms. The number of tetrazole rings is 1. The predicted molar refractivity (Wildman–Crippen MR) is 69.2 cm³/mol. The topological polar surface area (TPSA) is 56.0 Å². The van der Waals surface area contributed by atoms with Gasteiger partial charge in [-0.25, -0.2) is 0 Å². The predicted octanol–water partition coefficient (Wildman–Crippen LogP) is 2.98. The van der Waals surface area contributed by atoms with Crippen LogP contribution in [-0.4, -0.2) is 25.3 Å². The highest BCUT2D eigenvalue weighted by Crippen LogP contribution is 2.33. The van der Waals surface area contributed by atoms with Crippen LogP contribution in [0.1, 0.15) is 0 Å². The van der Waals surface area contributed by atoms with Gasteiger partial charge in [-0.3, -0.25) is 0 Å². The van der Waals surface area contributed by atoms with E-state index in [4.69, 9.17) is 23.2 Å². The second-order valence-corrected chi connectivity index (χ2v) is 5.28. The van der Waals surface area contributed by atoms with Gasteiger partial charge in [0.05, 0.1) is 5.02 Å². The van der Waals surface area contributed by atoms with Gasteiger partial charge in [-0.1, -0.05) is 35.0 Å². The molecule has 8 heteroatoms. The number of benzene rings is 1. The van der Waals surface area contributed by atoms with Gasteiger partial charge in [0.1, 0.15) is 5.03 Å². The molecule has 0 unspecified atom stereocenters. The van der Waals surface area contributed by atoms with Gasteiger partial charge in [0, 0.05) is 9.92 Å². The molecule has 0 saturated carbocycles. The van der Waals surface area contributed by atoms with Gasteiger partial charge in [-0.2, -0.15) is 0 Å². The van der Waals surface area contributed by atoms with E-state index in [1.165, 1.54) is 16.4 Å². The molecule has 0 radical (unpaired) electrons. The van der Waals surface area contributed by atoms with E-state index >= 15 is 0 Å². The van der Waals surface area contributed by atoms with Crippen LogP contribution in [0.15, 0.2) is 40.3 Å². The van der Waals surface area contributed by atoms with Crippen molar-refractivity contribution < 1.29 is 0 Å². The minimum atomic E-state index is 0.594. The summed E-state index contributed by atoms with van der Waals surface area (Å²) in [5, 5.41) is 17.3. The van der Waals surface area contributed by atoms with Gasteiger partial charge in [0.2, 0.25) is 0 Å². The van der Waals surface area contributed by atoms with E-state index in [1.54, 1.807) is 24.3 Å². The second-order valence-electron chi connectivity index (χ2n) is 3.37. The molecular weight excluding hydrogens is 293 g/mol. The molecule has 0 fully saturated rings. The maximum absolute atomic E-state index is 6.09. The van der Waals surface area contributed by atoms with E-state index in [-0.39, 0.29) is 0 Å². The highest BCUT2D eigenvalue weighted by atomic mass is 35.5. The first-order valence-corrected chi connectivity index (χ1v) is 6.48. The summed E-state index contributed by atoms with van der Waals surface area (Å²) in [7, 11) is 0. The third-order valence-corrected chi connectivity index (χ3v) is 3.81. The lowest BCUT2D eigenvalue weighted by Gasteiger charge is -2.03. The molecule has 2 aromatic heterocycles. The molecule has 0 aliphatic heterocycles. The number of aromatic nitrogens is 5. The van der Waals surface area contributed by atoms with E-state index in [1.807, 2.05) is 6.07 Å².